The fourth-order valence-electron chi connectivity index (χ4n) is 3.78. The van der Waals surface area contributed by atoms with Crippen LogP contribution in [0.1, 0.15) is 43.4 Å². The summed E-state index contributed by atoms with van der Waals surface area (Å²) in [6.07, 6.45) is 1.29. The third kappa shape index (κ3) is 4.27. The molecule has 0 spiro atoms. The van der Waals surface area contributed by atoms with Crippen LogP contribution in [0.15, 0.2) is 60.7 Å². The highest BCUT2D eigenvalue weighted by Crippen LogP contribution is 2.37. The minimum Gasteiger partial charge on any atom is -0.445 e. The minimum atomic E-state index is -0.834. The van der Waals surface area contributed by atoms with E-state index in [1.54, 1.807) is 4.90 Å². The van der Waals surface area contributed by atoms with E-state index in [-0.39, 0.29) is 17.6 Å². The first-order valence-corrected chi connectivity index (χ1v) is 9.29. The number of nitro groups is 1. The van der Waals surface area contributed by atoms with Crippen molar-refractivity contribution in [2.45, 2.75) is 50.9 Å². The number of benzene rings is 2. The summed E-state index contributed by atoms with van der Waals surface area (Å²) < 4.78 is 5.54. The number of nitrogens with zero attached hydrogens (tertiary/aromatic N) is 2. The van der Waals surface area contributed by atoms with E-state index < -0.39 is 18.2 Å². The standard InChI is InChI=1S/C21H24N2O4/c1-2-18-13-14-19(23(25)26)20(17-11-7-4-8-12-17)22(18)21(24)27-15-16-9-5-3-6-10-16/h3-12,18-20H,2,13-15H2,1H3. The molecule has 3 rings (SSSR count). The summed E-state index contributed by atoms with van der Waals surface area (Å²) in [5.41, 5.74) is 1.66. The Bertz CT molecular complexity index is 766. The highest BCUT2D eigenvalue weighted by Gasteiger charge is 2.46. The summed E-state index contributed by atoms with van der Waals surface area (Å²) in [6.45, 7) is 2.15. The Morgan fingerprint density at radius 2 is 1.74 bits per heavy atom. The van der Waals surface area contributed by atoms with Gasteiger partial charge in [0.25, 0.3) is 0 Å². The Morgan fingerprint density at radius 1 is 1.11 bits per heavy atom. The fraction of sp³-hybridized carbons (Fsp3) is 0.381. The van der Waals surface area contributed by atoms with E-state index in [0.717, 1.165) is 17.5 Å². The molecular weight excluding hydrogens is 344 g/mol. The average molecular weight is 368 g/mol. The average Bonchev–Trinajstić information content (AvgIpc) is 2.72. The molecule has 6 heteroatoms. The van der Waals surface area contributed by atoms with Crippen LogP contribution in [0.5, 0.6) is 0 Å². The summed E-state index contributed by atoms with van der Waals surface area (Å²) in [4.78, 5) is 26.0. The molecular formula is C21H24N2O4. The molecule has 27 heavy (non-hydrogen) atoms. The largest absolute Gasteiger partial charge is 0.445 e. The second kappa shape index (κ2) is 8.66. The van der Waals surface area contributed by atoms with Crippen LogP contribution in [0.3, 0.4) is 0 Å². The molecule has 3 atom stereocenters. The molecule has 2 aromatic rings. The Kier molecular flexibility index (Phi) is 6.06. The Balaban J connectivity index is 1.88. The van der Waals surface area contributed by atoms with E-state index in [4.69, 9.17) is 4.74 Å². The molecule has 0 saturated carbocycles. The van der Waals surface area contributed by atoms with Crippen LogP contribution in [-0.4, -0.2) is 28.0 Å². The zero-order valence-corrected chi connectivity index (χ0v) is 15.4. The third-order valence-corrected chi connectivity index (χ3v) is 5.15. The summed E-state index contributed by atoms with van der Waals surface area (Å²) in [5.74, 6) is 0. The third-order valence-electron chi connectivity index (χ3n) is 5.15. The van der Waals surface area contributed by atoms with Gasteiger partial charge in [0.1, 0.15) is 12.6 Å². The van der Waals surface area contributed by atoms with E-state index >= 15 is 0 Å². The number of hydrogen-bond acceptors (Lipinski definition) is 4. The van der Waals surface area contributed by atoms with Gasteiger partial charge in [-0.25, -0.2) is 4.79 Å². The Morgan fingerprint density at radius 3 is 2.33 bits per heavy atom. The lowest BCUT2D eigenvalue weighted by molar-refractivity contribution is -0.535. The van der Waals surface area contributed by atoms with E-state index in [2.05, 4.69) is 0 Å². The fourth-order valence-corrected chi connectivity index (χ4v) is 3.78. The molecule has 6 nitrogen and oxygen atoms in total. The molecule has 2 aromatic carbocycles. The maximum Gasteiger partial charge on any atom is 0.411 e. The first kappa shape index (κ1) is 18.9. The first-order chi connectivity index (χ1) is 13.1. The van der Waals surface area contributed by atoms with Crippen LogP contribution in [0, 0.1) is 10.1 Å². The number of rotatable bonds is 5. The zero-order valence-electron chi connectivity index (χ0n) is 15.4. The molecule has 1 fully saturated rings. The molecule has 1 amide bonds. The molecule has 0 radical (unpaired) electrons. The molecule has 0 N–H and O–H groups in total. The smallest absolute Gasteiger partial charge is 0.411 e. The SMILES string of the molecule is CCC1CCC([N+](=O)[O-])C(c2ccccc2)N1C(=O)OCc1ccccc1. The van der Waals surface area contributed by atoms with Crippen LogP contribution in [-0.2, 0) is 11.3 Å². The second-order valence-electron chi connectivity index (χ2n) is 6.80. The predicted octanol–water partition coefficient (Wildman–Crippen LogP) is 4.58. The highest BCUT2D eigenvalue weighted by molar-refractivity contribution is 5.69. The number of hydrogen-bond donors (Lipinski definition) is 0. The van der Waals surface area contributed by atoms with Gasteiger partial charge in [0.15, 0.2) is 0 Å². The normalized spacial score (nSPS) is 22.3. The molecule has 1 heterocycles. The van der Waals surface area contributed by atoms with Gasteiger partial charge >= 0.3 is 6.09 Å². The summed E-state index contributed by atoms with van der Waals surface area (Å²) in [5, 5.41) is 11.7. The van der Waals surface area contributed by atoms with Gasteiger partial charge in [-0.1, -0.05) is 67.6 Å². The van der Waals surface area contributed by atoms with Crippen molar-refractivity contribution < 1.29 is 14.5 Å². The van der Waals surface area contributed by atoms with E-state index in [9.17, 15) is 14.9 Å². The quantitative estimate of drug-likeness (QED) is 0.572. The van der Waals surface area contributed by atoms with Gasteiger partial charge in [0, 0.05) is 17.4 Å². The zero-order chi connectivity index (χ0) is 19.2. The number of piperidine rings is 1. The Labute approximate surface area is 158 Å². The Hall–Kier alpha value is -2.89. The summed E-state index contributed by atoms with van der Waals surface area (Å²) in [6, 6.07) is 17.1. The number of ether oxygens (including phenoxy) is 1. The van der Waals surface area contributed by atoms with Gasteiger partial charge < -0.3 is 4.74 Å². The van der Waals surface area contributed by atoms with Crippen molar-refractivity contribution in [2.75, 3.05) is 0 Å². The van der Waals surface area contributed by atoms with Crippen molar-refractivity contribution in [2.24, 2.45) is 0 Å². The predicted molar refractivity (Wildman–Crippen MR) is 102 cm³/mol. The number of likely N-dealkylation sites (tertiary alicyclic amines) is 1. The van der Waals surface area contributed by atoms with Crippen molar-refractivity contribution >= 4 is 6.09 Å². The molecule has 142 valence electrons. The minimum absolute atomic E-state index is 0.0744. The number of carbonyl (C=O) groups is 1. The molecule has 1 aliphatic rings. The molecule has 0 bridgehead atoms. The molecule has 0 aromatic heterocycles. The van der Waals surface area contributed by atoms with Crippen molar-refractivity contribution in [3.63, 3.8) is 0 Å². The van der Waals surface area contributed by atoms with Crippen molar-refractivity contribution in [1.29, 1.82) is 0 Å². The monoisotopic (exact) mass is 368 g/mol. The van der Waals surface area contributed by atoms with Gasteiger partial charge in [0.05, 0.1) is 0 Å². The van der Waals surface area contributed by atoms with Crippen LogP contribution in [0.25, 0.3) is 0 Å². The molecule has 3 unspecified atom stereocenters. The number of amides is 1. The number of carbonyl (C=O) groups excluding carboxylic acids is 1. The van der Waals surface area contributed by atoms with Crippen LogP contribution < -0.4 is 0 Å². The van der Waals surface area contributed by atoms with E-state index in [1.165, 1.54) is 0 Å². The molecule has 1 aliphatic heterocycles. The van der Waals surface area contributed by atoms with E-state index in [0.29, 0.717) is 12.8 Å². The van der Waals surface area contributed by atoms with Gasteiger partial charge in [0.2, 0.25) is 6.04 Å². The van der Waals surface area contributed by atoms with Crippen molar-refractivity contribution in [3.8, 4) is 0 Å². The lowest BCUT2D eigenvalue weighted by Crippen LogP contribution is -2.52. The lowest BCUT2D eigenvalue weighted by Gasteiger charge is -2.42. The summed E-state index contributed by atoms with van der Waals surface area (Å²) >= 11 is 0. The summed E-state index contributed by atoms with van der Waals surface area (Å²) in [7, 11) is 0. The van der Waals surface area contributed by atoms with Gasteiger partial charge in [-0.2, -0.15) is 0 Å². The van der Waals surface area contributed by atoms with Crippen molar-refractivity contribution in [3.05, 3.63) is 81.9 Å². The van der Waals surface area contributed by atoms with Crippen LogP contribution >= 0.6 is 0 Å². The van der Waals surface area contributed by atoms with Gasteiger partial charge in [-0.3, -0.25) is 15.0 Å². The highest BCUT2D eigenvalue weighted by atomic mass is 16.6. The first-order valence-electron chi connectivity index (χ1n) is 9.29. The second-order valence-corrected chi connectivity index (χ2v) is 6.80. The topological polar surface area (TPSA) is 72.7 Å². The maximum atomic E-state index is 13.0. The maximum absolute atomic E-state index is 13.0. The van der Waals surface area contributed by atoms with E-state index in [1.807, 2.05) is 67.6 Å². The van der Waals surface area contributed by atoms with Crippen LogP contribution in [0.2, 0.25) is 0 Å². The van der Waals surface area contributed by atoms with Gasteiger partial charge in [-0.05, 0) is 24.0 Å². The molecule has 1 saturated heterocycles. The lowest BCUT2D eigenvalue weighted by atomic mass is 9.86. The van der Waals surface area contributed by atoms with Gasteiger partial charge in [-0.15, -0.1) is 0 Å². The van der Waals surface area contributed by atoms with Crippen LogP contribution in [0.4, 0.5) is 4.79 Å². The van der Waals surface area contributed by atoms with Crippen molar-refractivity contribution in [1.82, 2.24) is 4.90 Å². The molecule has 0 aliphatic carbocycles.